The SMILES string of the molecule is CCn1cc[n+](C)c1.C[Si](C)(CCC(F)(F)C(F)(F)C(F)(F)C(F)(F)C(F)(F)C(F)(F)F)c1ccc([B-](c2ccc([Si](C)(C)CCC(F)(F)C(F)(F)C(F)(F)C(F)(F)C(F)(F)C(F)(F)F)cc2)(c2ccc([Si](C)(C)CCC(F)(F)C(F)(F)C(F)(F)C(F)(F)C(F)(F)C(F)(F)F)cc2)c2ccc([Si](C)(C)CCC(F)(F)C(F)(F)C(F)(F)C(F)(F)C(F)(F)C(F)(F)F)cc2)cc1. The van der Waals surface area contributed by atoms with E-state index in [1.165, 1.54) is 0 Å². The molecule has 4 aromatic carbocycles. The topological polar surface area (TPSA) is 8.81 Å². The zero-order chi connectivity index (χ0) is 102. The number of nitrogens with zero attached hydrogens (tertiary/aromatic N) is 2. The van der Waals surface area contributed by atoms with Crippen molar-refractivity contribution in [3.63, 3.8) is 0 Å². The maximum absolute atomic E-state index is 15.4. The molecule has 5 rings (SSSR count). The highest BCUT2D eigenvalue weighted by Gasteiger charge is 2.95. The number of rotatable bonds is 37. The van der Waals surface area contributed by atoms with Gasteiger partial charge in [-0.05, 0) is 31.1 Å². The summed E-state index contributed by atoms with van der Waals surface area (Å²) in [6, 6.07) is 5.43. The third kappa shape index (κ3) is 19.2. The minimum Gasteiger partial charge on any atom is -0.240 e. The highest BCUT2D eigenvalue weighted by Crippen LogP contribution is 2.66. The Balaban J connectivity index is 0.00000411. The van der Waals surface area contributed by atoms with E-state index in [1.807, 2.05) is 17.8 Å². The second-order valence-corrected chi connectivity index (χ2v) is 52.2. The summed E-state index contributed by atoms with van der Waals surface area (Å²) in [5, 5.41) is -1.93. The van der Waals surface area contributed by atoms with Gasteiger partial charge in [0.05, 0.1) is 45.9 Å². The lowest BCUT2D eigenvalue weighted by molar-refractivity contribution is -0.671. The van der Waals surface area contributed by atoms with Crippen LogP contribution in [0.2, 0.25) is 76.6 Å². The fourth-order valence-electron chi connectivity index (χ4n) is 13.0. The Kier molecular flexibility index (Phi) is 30.8. The van der Waals surface area contributed by atoms with Gasteiger partial charge < -0.3 is 0 Å². The number of hydrogen-bond acceptors (Lipinski definition) is 0. The van der Waals surface area contributed by atoms with Crippen LogP contribution >= 0.6 is 0 Å². The fourth-order valence-corrected chi connectivity index (χ4v) is 22.2. The summed E-state index contributed by atoms with van der Waals surface area (Å²) in [5.41, 5.74) is -2.01. The lowest BCUT2D eigenvalue weighted by Crippen LogP contribution is -2.75. The lowest BCUT2D eigenvalue weighted by atomic mass is 9.13. The summed E-state index contributed by atoms with van der Waals surface area (Å²) in [6.45, 7) is 9.71. The molecule has 0 radical (unpaired) electrons. The fraction of sp³-hybridized carbons (Fsp3) is 0.614. The van der Waals surface area contributed by atoms with Crippen LogP contribution in [0.5, 0.6) is 0 Å². The Morgan fingerprint density at radius 1 is 0.233 bits per heavy atom. The largest absolute Gasteiger partial charge is 0.460 e. The summed E-state index contributed by atoms with van der Waals surface area (Å²) < 4.78 is 741. The molecule has 0 aliphatic rings. The van der Waals surface area contributed by atoms with Crippen molar-refractivity contribution in [3.05, 3.63) is 116 Å². The van der Waals surface area contributed by atoms with Crippen LogP contribution in [0.25, 0.3) is 0 Å². The van der Waals surface area contributed by atoms with Crippen LogP contribution in [-0.4, -0.2) is 186 Å². The molecule has 0 saturated carbocycles. The van der Waals surface area contributed by atoms with Crippen molar-refractivity contribution in [2.24, 2.45) is 7.05 Å². The monoisotopic (exact) mass is 2050 g/mol. The van der Waals surface area contributed by atoms with E-state index in [4.69, 9.17) is 0 Å². The molecule has 0 aliphatic heterocycles. The molecule has 0 unspecified atom stereocenters. The molecule has 5 aromatic rings. The average Bonchev–Trinajstić information content (AvgIpc) is 0.889. The maximum Gasteiger partial charge on any atom is 0.460 e. The minimum atomic E-state index is -8.39. The molecule has 0 amide bonds. The first-order chi connectivity index (χ1) is 56.5. The van der Waals surface area contributed by atoms with Crippen LogP contribution in [-0.2, 0) is 13.6 Å². The zero-order valence-corrected chi connectivity index (χ0v) is 70.5. The summed E-state index contributed by atoms with van der Waals surface area (Å²) in [6.07, 6.45) is -40.5. The van der Waals surface area contributed by atoms with Crippen LogP contribution in [0.1, 0.15) is 32.6 Å². The van der Waals surface area contributed by atoms with Crippen molar-refractivity contribution in [2.75, 3.05) is 0 Å². The van der Waals surface area contributed by atoms with Gasteiger partial charge in [-0.15, -0.1) is 0 Å². The lowest BCUT2D eigenvalue weighted by Gasteiger charge is -2.45. The molecule has 0 aliphatic carbocycles. The predicted molar refractivity (Wildman–Crippen MR) is 371 cm³/mol. The number of alkyl halides is 52. The zero-order valence-electron chi connectivity index (χ0n) is 66.5. The third-order valence-electron chi connectivity index (χ3n) is 22.2. The summed E-state index contributed by atoms with van der Waals surface area (Å²) >= 11 is 0. The number of aromatic nitrogens is 2. The molecule has 0 fully saturated rings. The number of imidazole rings is 1. The molecule has 0 N–H and O–H groups in total. The van der Waals surface area contributed by atoms with Crippen molar-refractivity contribution in [3.8, 4) is 0 Å². The highest BCUT2D eigenvalue weighted by molar-refractivity contribution is 7.20. The van der Waals surface area contributed by atoms with Crippen molar-refractivity contribution in [1.29, 1.82) is 0 Å². The van der Waals surface area contributed by atoms with Gasteiger partial charge >= 0.3 is 143 Å². The number of hydrogen-bond donors (Lipinski definition) is 0. The van der Waals surface area contributed by atoms with E-state index < -0.39 is 274 Å². The number of benzene rings is 4. The van der Waals surface area contributed by atoms with E-state index in [1.54, 1.807) is 0 Å². The van der Waals surface area contributed by atoms with Gasteiger partial charge in [0, 0.05) is 25.7 Å². The van der Waals surface area contributed by atoms with Gasteiger partial charge in [-0.1, -0.05) is 170 Å². The molecule has 129 heavy (non-hydrogen) atoms. The average molecular weight is 2050 g/mol. The highest BCUT2D eigenvalue weighted by atomic mass is 28.3. The Morgan fingerprint density at radius 3 is 0.496 bits per heavy atom. The molecular weight excluding hydrogens is 1980 g/mol. The standard InChI is InChI=1S/C64H56BF52Si4.C6H11N2/c1-118(2,29-25-41(66,67)45(74,75)49(82,83)53(90,91)57(98,99)61(106,107)108)37-17-9-33(10-18-37)65(34-11-19-38(20-12-34)119(3,4)30-26-42(68,69)46(76,77)50(84,85)54(92,93)58(100,101)62(109,110)111,35-13-21-39(22-14-35)120(5,6)31-27-43(70,71)47(78,79)51(86,87)55(94,95)59(102,103)63(112,113)114)36-15-23-40(24-16-36)121(7,8)32-28-44(72,73)48(80,81)52(88,89)56(96,97)60(104,105)64(115,116)117;1-3-8-5-4-7(2)6-8/h9-24H,25-32H2,1-8H3;4-6H,3H2,1-2H3/q-1;+1. The number of aryl methyl sites for hydroxylation is 2. The Morgan fingerprint density at radius 2 is 0.380 bits per heavy atom. The van der Waals surface area contributed by atoms with Crippen molar-refractivity contribution >= 4 is 81.0 Å². The molecule has 0 atom stereocenters. The van der Waals surface area contributed by atoms with Gasteiger partial charge in [0.25, 0.3) is 0 Å². The molecule has 0 bridgehead atoms. The summed E-state index contributed by atoms with van der Waals surface area (Å²) in [4.78, 5) is 0. The van der Waals surface area contributed by atoms with E-state index in [9.17, 15) is 193 Å². The second-order valence-electron chi connectivity index (χ2n) is 32.8. The van der Waals surface area contributed by atoms with Crippen LogP contribution in [0, 0.1) is 0 Å². The van der Waals surface area contributed by atoms with Crippen molar-refractivity contribution in [1.82, 2.24) is 4.57 Å². The van der Waals surface area contributed by atoms with E-state index in [2.05, 4.69) is 24.0 Å². The smallest absolute Gasteiger partial charge is 0.240 e. The molecule has 1 heterocycles. The van der Waals surface area contributed by atoms with E-state index >= 15 is 35.1 Å². The van der Waals surface area contributed by atoms with E-state index in [0.717, 1.165) is 156 Å². The predicted octanol–water partition coefficient (Wildman–Crippen LogP) is 23.6. The Hall–Kier alpha value is -6.62. The minimum absolute atomic E-state index is 0.483. The summed E-state index contributed by atoms with van der Waals surface area (Å²) in [5.74, 6) is -158. The molecule has 59 heteroatoms. The molecule has 0 spiro atoms. The van der Waals surface area contributed by atoms with Crippen molar-refractivity contribution in [2.45, 2.75) is 259 Å². The Labute approximate surface area is 698 Å². The first-order valence-electron chi connectivity index (χ1n) is 35.9. The van der Waals surface area contributed by atoms with Crippen LogP contribution in [0.4, 0.5) is 228 Å². The molecule has 0 saturated heterocycles. The first kappa shape index (κ1) is 115. The molecule has 2 nitrogen and oxygen atoms in total. The van der Waals surface area contributed by atoms with Crippen LogP contribution in [0.15, 0.2) is 116 Å². The van der Waals surface area contributed by atoms with Gasteiger partial charge in [-0.3, -0.25) is 0 Å². The summed E-state index contributed by atoms with van der Waals surface area (Å²) in [7, 11) is -15.5. The van der Waals surface area contributed by atoms with Gasteiger partial charge in [0.2, 0.25) is 6.33 Å². The Bertz CT molecular complexity index is 4070. The maximum atomic E-state index is 15.4. The first-order valence-corrected chi connectivity index (χ1v) is 48.8. The normalized spacial score (nSPS) is 15.6. The van der Waals surface area contributed by atoms with E-state index in [-0.39, 0.29) is 0 Å². The van der Waals surface area contributed by atoms with Gasteiger partial charge in [0.15, 0.2) is 0 Å². The van der Waals surface area contributed by atoms with Gasteiger partial charge in [-0.2, -0.15) is 250 Å². The van der Waals surface area contributed by atoms with Crippen molar-refractivity contribution < 1.29 is 233 Å². The molecular formula is C70H67BF52N2Si4. The van der Waals surface area contributed by atoms with Crippen LogP contribution in [0.3, 0.4) is 0 Å². The number of halogens is 52. The molecule has 740 valence electrons. The second kappa shape index (κ2) is 34.6. The third-order valence-corrected chi connectivity index (χ3v) is 35.8. The van der Waals surface area contributed by atoms with Gasteiger partial charge in [0.1, 0.15) is 18.5 Å². The molecule has 1 aromatic heterocycles. The van der Waals surface area contributed by atoms with E-state index in [0.29, 0.717) is 0 Å². The van der Waals surface area contributed by atoms with Gasteiger partial charge in [-0.25, -0.2) is 9.13 Å². The quantitative estimate of drug-likeness (QED) is 0.0213. The van der Waals surface area contributed by atoms with Crippen LogP contribution < -0.4 is 47.2 Å².